The summed E-state index contributed by atoms with van der Waals surface area (Å²) in [7, 11) is 0. The third kappa shape index (κ3) is 2.95. The Morgan fingerprint density at radius 1 is 1.29 bits per heavy atom. The molecule has 0 radical (unpaired) electrons. The SMILES string of the molecule is O=C(NCc1ccc(-c2nc3ccccc3s2)o1)C1CCCC1O. The van der Waals surface area contributed by atoms with Crippen molar-refractivity contribution in [2.24, 2.45) is 5.92 Å². The molecule has 3 aromatic rings. The lowest BCUT2D eigenvalue weighted by Gasteiger charge is -2.13. The number of aliphatic hydroxyl groups excluding tert-OH is 1. The Morgan fingerprint density at radius 2 is 2.17 bits per heavy atom. The molecular weight excluding hydrogens is 324 g/mol. The maximum atomic E-state index is 12.1. The summed E-state index contributed by atoms with van der Waals surface area (Å²) in [5.41, 5.74) is 0.957. The van der Waals surface area contributed by atoms with Crippen LogP contribution in [0.5, 0.6) is 0 Å². The first-order valence-electron chi connectivity index (χ1n) is 8.11. The van der Waals surface area contributed by atoms with Crippen LogP contribution in [0.2, 0.25) is 0 Å². The molecule has 0 spiro atoms. The smallest absolute Gasteiger partial charge is 0.226 e. The maximum absolute atomic E-state index is 12.1. The number of fused-ring (bicyclic) bond motifs is 1. The van der Waals surface area contributed by atoms with Gasteiger partial charge in [-0.3, -0.25) is 4.79 Å². The second-order valence-corrected chi connectivity index (χ2v) is 7.11. The zero-order valence-electron chi connectivity index (χ0n) is 13.1. The van der Waals surface area contributed by atoms with Gasteiger partial charge in [0.1, 0.15) is 5.76 Å². The second-order valence-electron chi connectivity index (χ2n) is 6.08. The molecule has 1 aromatic carbocycles. The minimum atomic E-state index is -0.514. The zero-order chi connectivity index (χ0) is 16.5. The van der Waals surface area contributed by atoms with E-state index < -0.39 is 6.10 Å². The highest BCUT2D eigenvalue weighted by atomic mass is 32.1. The van der Waals surface area contributed by atoms with E-state index in [0.29, 0.717) is 24.5 Å². The quantitative estimate of drug-likeness (QED) is 0.762. The van der Waals surface area contributed by atoms with E-state index in [1.807, 2.05) is 36.4 Å². The first-order chi connectivity index (χ1) is 11.7. The summed E-state index contributed by atoms with van der Waals surface area (Å²) in [6.45, 7) is 0.326. The fourth-order valence-corrected chi connectivity index (χ4v) is 4.04. The Bertz CT molecular complexity index is 837. The van der Waals surface area contributed by atoms with Gasteiger partial charge in [0.05, 0.1) is 28.8 Å². The number of carbonyl (C=O) groups is 1. The molecule has 5 nitrogen and oxygen atoms in total. The Kier molecular flexibility index (Phi) is 4.08. The Balaban J connectivity index is 1.44. The summed E-state index contributed by atoms with van der Waals surface area (Å²) in [4.78, 5) is 16.7. The van der Waals surface area contributed by atoms with Gasteiger partial charge in [-0.15, -0.1) is 11.3 Å². The van der Waals surface area contributed by atoms with Crippen LogP contribution in [0.3, 0.4) is 0 Å². The number of rotatable bonds is 4. The first-order valence-corrected chi connectivity index (χ1v) is 8.93. The molecule has 2 heterocycles. The van der Waals surface area contributed by atoms with Gasteiger partial charge >= 0.3 is 0 Å². The number of aliphatic hydroxyl groups is 1. The largest absolute Gasteiger partial charge is 0.457 e. The molecule has 2 N–H and O–H groups in total. The topological polar surface area (TPSA) is 75.4 Å². The molecule has 2 aromatic heterocycles. The van der Waals surface area contributed by atoms with Gasteiger partial charge in [-0.2, -0.15) is 0 Å². The summed E-state index contributed by atoms with van der Waals surface area (Å²) >= 11 is 1.58. The molecule has 0 saturated heterocycles. The summed E-state index contributed by atoms with van der Waals surface area (Å²) in [5.74, 6) is 1.01. The number of furan rings is 1. The monoisotopic (exact) mass is 342 g/mol. The van der Waals surface area contributed by atoms with Gasteiger partial charge in [0.2, 0.25) is 5.91 Å². The molecular formula is C18H18N2O3S. The molecule has 1 aliphatic carbocycles. The Hall–Kier alpha value is -2.18. The van der Waals surface area contributed by atoms with E-state index in [-0.39, 0.29) is 11.8 Å². The summed E-state index contributed by atoms with van der Waals surface area (Å²) < 4.78 is 6.93. The van der Waals surface area contributed by atoms with E-state index in [9.17, 15) is 9.90 Å². The Labute approximate surface area is 143 Å². The molecule has 4 rings (SSSR count). The molecule has 0 bridgehead atoms. The van der Waals surface area contributed by atoms with E-state index in [1.54, 1.807) is 11.3 Å². The van der Waals surface area contributed by atoms with Crippen LogP contribution in [-0.4, -0.2) is 22.1 Å². The minimum absolute atomic E-state index is 0.0991. The summed E-state index contributed by atoms with van der Waals surface area (Å²) in [6, 6.07) is 11.7. The molecule has 1 fully saturated rings. The van der Waals surface area contributed by atoms with Crippen molar-refractivity contribution < 1.29 is 14.3 Å². The van der Waals surface area contributed by atoms with Crippen molar-refractivity contribution in [2.75, 3.05) is 0 Å². The van der Waals surface area contributed by atoms with E-state index in [2.05, 4.69) is 10.3 Å². The molecule has 0 aliphatic heterocycles. The highest BCUT2D eigenvalue weighted by molar-refractivity contribution is 7.21. The number of nitrogens with zero attached hydrogens (tertiary/aromatic N) is 1. The molecule has 124 valence electrons. The molecule has 2 atom stereocenters. The normalized spacial score (nSPS) is 20.5. The number of aromatic nitrogens is 1. The third-order valence-electron chi connectivity index (χ3n) is 4.42. The van der Waals surface area contributed by atoms with Crippen molar-refractivity contribution in [1.29, 1.82) is 0 Å². The van der Waals surface area contributed by atoms with Crippen molar-refractivity contribution in [1.82, 2.24) is 10.3 Å². The number of para-hydroxylation sites is 1. The van der Waals surface area contributed by atoms with E-state index in [0.717, 1.165) is 28.1 Å². The highest BCUT2D eigenvalue weighted by Crippen LogP contribution is 2.31. The fourth-order valence-electron chi connectivity index (χ4n) is 3.12. The molecule has 6 heteroatoms. The van der Waals surface area contributed by atoms with Crippen LogP contribution in [0, 0.1) is 5.92 Å². The van der Waals surface area contributed by atoms with E-state index in [1.165, 1.54) is 0 Å². The number of nitrogens with one attached hydrogen (secondary N) is 1. The summed E-state index contributed by atoms with van der Waals surface area (Å²) in [5, 5.41) is 13.5. The number of thiazole rings is 1. The van der Waals surface area contributed by atoms with Gasteiger partial charge in [0.15, 0.2) is 10.8 Å². The molecule has 1 amide bonds. The lowest BCUT2D eigenvalue weighted by molar-refractivity contribution is -0.127. The lowest BCUT2D eigenvalue weighted by Crippen LogP contribution is -2.34. The van der Waals surface area contributed by atoms with Gasteiger partial charge in [0.25, 0.3) is 0 Å². The van der Waals surface area contributed by atoms with Crippen LogP contribution in [0.4, 0.5) is 0 Å². The number of benzene rings is 1. The van der Waals surface area contributed by atoms with Gasteiger partial charge in [-0.1, -0.05) is 12.1 Å². The predicted molar refractivity (Wildman–Crippen MR) is 92.5 cm³/mol. The highest BCUT2D eigenvalue weighted by Gasteiger charge is 2.31. The summed E-state index contributed by atoms with van der Waals surface area (Å²) in [6.07, 6.45) is 1.85. The minimum Gasteiger partial charge on any atom is -0.457 e. The average Bonchev–Trinajstić information content (AvgIpc) is 3.31. The van der Waals surface area contributed by atoms with Gasteiger partial charge in [-0.25, -0.2) is 4.98 Å². The van der Waals surface area contributed by atoms with Crippen molar-refractivity contribution in [3.05, 3.63) is 42.2 Å². The number of hydrogen-bond donors (Lipinski definition) is 2. The van der Waals surface area contributed by atoms with Crippen molar-refractivity contribution >= 4 is 27.5 Å². The van der Waals surface area contributed by atoms with Crippen molar-refractivity contribution in [2.45, 2.75) is 31.9 Å². The van der Waals surface area contributed by atoms with Crippen LogP contribution in [0.1, 0.15) is 25.0 Å². The van der Waals surface area contributed by atoms with Crippen LogP contribution in [0.15, 0.2) is 40.8 Å². The zero-order valence-corrected chi connectivity index (χ0v) is 13.9. The van der Waals surface area contributed by atoms with Crippen molar-refractivity contribution in [3.63, 3.8) is 0 Å². The first kappa shape index (κ1) is 15.4. The van der Waals surface area contributed by atoms with Gasteiger partial charge in [0, 0.05) is 0 Å². The standard InChI is InChI=1S/C18H18N2O3S/c21-14-6-3-4-12(14)17(22)19-10-11-8-9-15(23-11)18-20-13-5-1-2-7-16(13)24-18/h1-2,5,7-9,12,14,21H,3-4,6,10H2,(H,19,22). The fraction of sp³-hybridized carbons (Fsp3) is 0.333. The van der Waals surface area contributed by atoms with Gasteiger partial charge in [-0.05, 0) is 43.5 Å². The molecule has 1 saturated carbocycles. The van der Waals surface area contributed by atoms with Crippen LogP contribution < -0.4 is 5.32 Å². The number of hydrogen-bond acceptors (Lipinski definition) is 5. The second kappa shape index (κ2) is 6.37. The molecule has 1 aliphatic rings. The van der Waals surface area contributed by atoms with Crippen LogP contribution >= 0.6 is 11.3 Å². The van der Waals surface area contributed by atoms with Gasteiger partial charge < -0.3 is 14.8 Å². The molecule has 2 unspecified atom stereocenters. The van der Waals surface area contributed by atoms with Crippen LogP contribution in [-0.2, 0) is 11.3 Å². The molecule has 24 heavy (non-hydrogen) atoms. The van der Waals surface area contributed by atoms with Crippen molar-refractivity contribution in [3.8, 4) is 10.8 Å². The maximum Gasteiger partial charge on any atom is 0.226 e. The lowest BCUT2D eigenvalue weighted by atomic mass is 10.1. The van der Waals surface area contributed by atoms with Crippen LogP contribution in [0.25, 0.3) is 21.0 Å². The number of amides is 1. The predicted octanol–water partition coefficient (Wildman–Crippen LogP) is 3.33. The van der Waals surface area contributed by atoms with E-state index >= 15 is 0 Å². The van der Waals surface area contributed by atoms with E-state index in [4.69, 9.17) is 4.42 Å². The third-order valence-corrected chi connectivity index (χ3v) is 5.47. The number of carbonyl (C=O) groups excluding carboxylic acids is 1. The average molecular weight is 342 g/mol. The Morgan fingerprint density at radius 3 is 2.96 bits per heavy atom.